The first-order valence-corrected chi connectivity index (χ1v) is 7.35. The summed E-state index contributed by atoms with van der Waals surface area (Å²) < 4.78 is 0. The van der Waals surface area contributed by atoms with E-state index in [0.717, 1.165) is 21.8 Å². The molecule has 0 saturated carbocycles. The normalized spacial score (nSPS) is 10.1. The summed E-state index contributed by atoms with van der Waals surface area (Å²) in [5.74, 6) is 0. The van der Waals surface area contributed by atoms with Crippen LogP contribution in [0.15, 0.2) is 58.9 Å². The molecule has 102 valence electrons. The summed E-state index contributed by atoms with van der Waals surface area (Å²) in [6, 6.07) is 15.7. The number of hydrogen-bond donors (Lipinski definition) is 0. The van der Waals surface area contributed by atoms with E-state index in [1.165, 1.54) is 5.56 Å². The molecule has 2 aromatic carbocycles. The van der Waals surface area contributed by atoms with Gasteiger partial charge >= 0.3 is 0 Å². The lowest BCUT2D eigenvalue weighted by atomic mass is 10.1. The molecule has 0 fully saturated rings. The van der Waals surface area contributed by atoms with Crippen LogP contribution in [0.25, 0.3) is 21.8 Å². The standard InChI is InChI=1S/C17H12N2OS/c1-12-5-7-13(8-6-12)16-10-21-17(19-16)14-3-2-4-15(9-14)18-11-20/h2-10H,1H3. The number of carbonyl (C=O) groups excluding carboxylic acids is 1. The first kappa shape index (κ1) is 13.4. The van der Waals surface area contributed by atoms with Crippen LogP contribution in [0.3, 0.4) is 0 Å². The quantitative estimate of drug-likeness (QED) is 0.516. The van der Waals surface area contributed by atoms with E-state index in [4.69, 9.17) is 0 Å². The van der Waals surface area contributed by atoms with Gasteiger partial charge in [0.25, 0.3) is 0 Å². The third-order valence-corrected chi connectivity index (χ3v) is 4.01. The molecule has 3 rings (SSSR count). The molecule has 0 unspecified atom stereocenters. The van der Waals surface area contributed by atoms with Crippen molar-refractivity contribution in [1.82, 2.24) is 4.98 Å². The van der Waals surface area contributed by atoms with E-state index in [1.54, 1.807) is 23.5 Å². The van der Waals surface area contributed by atoms with Gasteiger partial charge in [-0.05, 0) is 19.1 Å². The molecule has 0 aliphatic heterocycles. The average molecular weight is 292 g/mol. The summed E-state index contributed by atoms with van der Waals surface area (Å²) in [6.45, 7) is 2.06. The maximum absolute atomic E-state index is 10.3. The molecule has 0 atom stereocenters. The number of nitrogens with zero attached hydrogens (tertiary/aromatic N) is 2. The highest BCUT2D eigenvalue weighted by molar-refractivity contribution is 7.13. The van der Waals surface area contributed by atoms with Crippen LogP contribution in [-0.2, 0) is 4.79 Å². The Bertz CT molecular complexity index is 815. The number of aliphatic imine (C=N–C) groups is 1. The predicted octanol–water partition coefficient (Wildman–Crippen LogP) is 4.75. The Morgan fingerprint density at radius 2 is 1.90 bits per heavy atom. The number of aromatic nitrogens is 1. The van der Waals surface area contributed by atoms with Crippen molar-refractivity contribution in [2.45, 2.75) is 6.92 Å². The molecule has 1 aromatic heterocycles. The third kappa shape index (κ3) is 2.97. The Hall–Kier alpha value is -2.55. The van der Waals surface area contributed by atoms with Crippen molar-refractivity contribution in [1.29, 1.82) is 0 Å². The lowest BCUT2D eigenvalue weighted by molar-refractivity contribution is 0.565. The van der Waals surface area contributed by atoms with Gasteiger partial charge < -0.3 is 0 Å². The monoisotopic (exact) mass is 292 g/mol. The molecule has 0 bridgehead atoms. The minimum atomic E-state index is 0.592. The van der Waals surface area contributed by atoms with Gasteiger partial charge in [-0.3, -0.25) is 0 Å². The fourth-order valence-electron chi connectivity index (χ4n) is 2.02. The number of rotatable bonds is 3. The van der Waals surface area contributed by atoms with E-state index in [-0.39, 0.29) is 0 Å². The fourth-order valence-corrected chi connectivity index (χ4v) is 2.85. The Morgan fingerprint density at radius 1 is 1.10 bits per heavy atom. The molecular weight excluding hydrogens is 280 g/mol. The average Bonchev–Trinajstić information content (AvgIpc) is 2.98. The van der Waals surface area contributed by atoms with Gasteiger partial charge in [0.15, 0.2) is 0 Å². The molecule has 0 N–H and O–H groups in total. The number of isocyanates is 1. The van der Waals surface area contributed by atoms with Crippen LogP contribution in [-0.4, -0.2) is 11.1 Å². The molecule has 1 heterocycles. The second-order valence-corrected chi connectivity index (χ2v) is 5.52. The van der Waals surface area contributed by atoms with Gasteiger partial charge in [-0.15, -0.1) is 11.3 Å². The maximum atomic E-state index is 10.3. The van der Waals surface area contributed by atoms with Crippen molar-refractivity contribution >= 4 is 23.1 Å². The largest absolute Gasteiger partial charge is 0.240 e. The van der Waals surface area contributed by atoms with E-state index < -0.39 is 0 Å². The second kappa shape index (κ2) is 5.83. The molecule has 21 heavy (non-hydrogen) atoms. The van der Waals surface area contributed by atoms with E-state index >= 15 is 0 Å². The number of thiazole rings is 1. The van der Waals surface area contributed by atoms with Crippen LogP contribution in [0, 0.1) is 6.92 Å². The molecular formula is C17H12N2OS. The van der Waals surface area contributed by atoms with Crippen molar-refractivity contribution in [3.63, 3.8) is 0 Å². The van der Waals surface area contributed by atoms with E-state index in [0.29, 0.717) is 5.69 Å². The van der Waals surface area contributed by atoms with Crippen LogP contribution in [0.4, 0.5) is 5.69 Å². The lowest BCUT2D eigenvalue weighted by Crippen LogP contribution is -1.80. The van der Waals surface area contributed by atoms with Crippen molar-refractivity contribution in [3.8, 4) is 21.8 Å². The van der Waals surface area contributed by atoms with Crippen LogP contribution in [0.1, 0.15) is 5.56 Å². The first-order chi connectivity index (χ1) is 10.3. The van der Waals surface area contributed by atoms with Crippen LogP contribution in [0.2, 0.25) is 0 Å². The lowest BCUT2D eigenvalue weighted by Gasteiger charge is -1.98. The number of benzene rings is 2. The zero-order chi connectivity index (χ0) is 14.7. The Morgan fingerprint density at radius 3 is 2.67 bits per heavy atom. The zero-order valence-corrected chi connectivity index (χ0v) is 12.2. The number of aryl methyl sites for hydroxylation is 1. The molecule has 4 heteroatoms. The molecule has 3 aromatic rings. The van der Waals surface area contributed by atoms with Crippen LogP contribution in [0.5, 0.6) is 0 Å². The van der Waals surface area contributed by atoms with Crippen molar-refractivity contribution in [2.24, 2.45) is 4.99 Å². The van der Waals surface area contributed by atoms with Crippen molar-refractivity contribution in [3.05, 3.63) is 59.5 Å². The fraction of sp³-hybridized carbons (Fsp3) is 0.0588. The molecule has 0 aliphatic rings. The summed E-state index contributed by atoms with van der Waals surface area (Å²) in [5, 5.41) is 2.95. The summed E-state index contributed by atoms with van der Waals surface area (Å²) in [6.07, 6.45) is 1.56. The Labute approximate surface area is 126 Å². The molecule has 0 radical (unpaired) electrons. The summed E-state index contributed by atoms with van der Waals surface area (Å²) >= 11 is 1.58. The Balaban J connectivity index is 1.96. The van der Waals surface area contributed by atoms with E-state index in [2.05, 4.69) is 41.2 Å². The van der Waals surface area contributed by atoms with Gasteiger partial charge in [0, 0.05) is 16.5 Å². The summed E-state index contributed by atoms with van der Waals surface area (Å²) in [7, 11) is 0. The molecule has 0 spiro atoms. The van der Waals surface area contributed by atoms with Crippen molar-refractivity contribution in [2.75, 3.05) is 0 Å². The predicted molar refractivity (Wildman–Crippen MR) is 85.5 cm³/mol. The SMILES string of the molecule is Cc1ccc(-c2csc(-c3cccc(N=C=O)c3)n2)cc1. The van der Waals surface area contributed by atoms with E-state index in [1.807, 2.05) is 23.6 Å². The minimum absolute atomic E-state index is 0.592. The second-order valence-electron chi connectivity index (χ2n) is 4.66. The highest BCUT2D eigenvalue weighted by Crippen LogP contribution is 2.30. The van der Waals surface area contributed by atoms with Gasteiger partial charge in [0.1, 0.15) is 5.01 Å². The minimum Gasteiger partial charge on any atom is -0.236 e. The van der Waals surface area contributed by atoms with Crippen LogP contribution < -0.4 is 0 Å². The van der Waals surface area contributed by atoms with Gasteiger partial charge in [0.05, 0.1) is 11.4 Å². The van der Waals surface area contributed by atoms with Crippen molar-refractivity contribution < 1.29 is 4.79 Å². The van der Waals surface area contributed by atoms with Gasteiger partial charge in [-0.25, -0.2) is 9.78 Å². The molecule has 0 saturated heterocycles. The molecule has 3 nitrogen and oxygen atoms in total. The number of hydrogen-bond acceptors (Lipinski definition) is 4. The smallest absolute Gasteiger partial charge is 0.236 e. The maximum Gasteiger partial charge on any atom is 0.240 e. The highest BCUT2D eigenvalue weighted by Gasteiger charge is 2.07. The molecule has 0 amide bonds. The summed E-state index contributed by atoms with van der Waals surface area (Å²) in [4.78, 5) is 18.6. The van der Waals surface area contributed by atoms with Gasteiger partial charge in [-0.2, -0.15) is 4.99 Å². The van der Waals surface area contributed by atoms with Crippen LogP contribution >= 0.6 is 11.3 Å². The van der Waals surface area contributed by atoms with E-state index in [9.17, 15) is 4.79 Å². The topological polar surface area (TPSA) is 42.3 Å². The summed E-state index contributed by atoms with van der Waals surface area (Å²) in [5.41, 5.74) is 4.84. The Kier molecular flexibility index (Phi) is 3.73. The molecule has 0 aliphatic carbocycles. The highest BCUT2D eigenvalue weighted by atomic mass is 32.1. The zero-order valence-electron chi connectivity index (χ0n) is 11.4. The third-order valence-electron chi connectivity index (χ3n) is 3.12. The first-order valence-electron chi connectivity index (χ1n) is 6.47. The van der Waals surface area contributed by atoms with Gasteiger partial charge in [0.2, 0.25) is 6.08 Å². The van der Waals surface area contributed by atoms with Gasteiger partial charge in [-0.1, -0.05) is 42.0 Å².